The summed E-state index contributed by atoms with van der Waals surface area (Å²) < 4.78 is 6.60. The number of carbonyl (C=O) groups is 2. The Morgan fingerprint density at radius 3 is 2.72 bits per heavy atom. The molecular formula is C18H20N6O3S2. The summed E-state index contributed by atoms with van der Waals surface area (Å²) in [6, 6.07) is 9.46. The van der Waals surface area contributed by atoms with E-state index in [-0.39, 0.29) is 12.5 Å². The van der Waals surface area contributed by atoms with Crippen molar-refractivity contribution in [1.82, 2.24) is 25.2 Å². The van der Waals surface area contributed by atoms with Crippen molar-refractivity contribution in [2.24, 2.45) is 0 Å². The molecule has 11 heteroatoms. The Balaban J connectivity index is 1.72. The SMILES string of the molecule is CCOC(=O)c1sc(NC(=O)[C@H](CC)Sc2nnnn2-c2ccccc2)nc1C. The van der Waals surface area contributed by atoms with Crippen molar-refractivity contribution in [3.63, 3.8) is 0 Å². The normalized spacial score (nSPS) is 11.8. The Kier molecular flexibility index (Phi) is 6.94. The van der Waals surface area contributed by atoms with E-state index in [0.29, 0.717) is 27.3 Å². The second kappa shape index (κ2) is 9.61. The van der Waals surface area contributed by atoms with Gasteiger partial charge in [-0.15, -0.1) is 5.10 Å². The lowest BCUT2D eigenvalue weighted by molar-refractivity contribution is -0.115. The van der Waals surface area contributed by atoms with Crippen LogP contribution in [0.15, 0.2) is 35.5 Å². The van der Waals surface area contributed by atoms with E-state index in [2.05, 4.69) is 25.8 Å². The number of hydrogen-bond acceptors (Lipinski definition) is 9. The van der Waals surface area contributed by atoms with Crippen LogP contribution < -0.4 is 5.32 Å². The zero-order chi connectivity index (χ0) is 20.8. The highest BCUT2D eigenvalue weighted by Crippen LogP contribution is 2.28. The molecule has 1 amide bonds. The van der Waals surface area contributed by atoms with Gasteiger partial charge in [0.25, 0.3) is 0 Å². The largest absolute Gasteiger partial charge is 0.462 e. The molecule has 1 N–H and O–H groups in total. The molecule has 0 fully saturated rings. The summed E-state index contributed by atoms with van der Waals surface area (Å²) >= 11 is 2.37. The second-order valence-electron chi connectivity index (χ2n) is 5.87. The third-order valence-corrected chi connectivity index (χ3v) is 6.19. The average molecular weight is 433 g/mol. The van der Waals surface area contributed by atoms with E-state index in [4.69, 9.17) is 4.74 Å². The first kappa shape index (κ1) is 20.9. The molecule has 3 rings (SSSR count). The van der Waals surface area contributed by atoms with E-state index in [9.17, 15) is 9.59 Å². The van der Waals surface area contributed by atoms with Crippen LogP contribution in [0.2, 0.25) is 0 Å². The third kappa shape index (κ3) is 4.98. The van der Waals surface area contributed by atoms with Crippen LogP contribution >= 0.6 is 23.1 Å². The number of esters is 1. The van der Waals surface area contributed by atoms with E-state index in [1.54, 1.807) is 18.5 Å². The quantitative estimate of drug-likeness (QED) is 0.427. The van der Waals surface area contributed by atoms with Crippen LogP contribution in [0.5, 0.6) is 0 Å². The van der Waals surface area contributed by atoms with Crippen LogP contribution in [0.3, 0.4) is 0 Å². The number of aromatic nitrogens is 5. The lowest BCUT2D eigenvalue weighted by Gasteiger charge is -2.13. The molecule has 3 aromatic rings. The van der Waals surface area contributed by atoms with Gasteiger partial charge in [-0.2, -0.15) is 4.68 Å². The van der Waals surface area contributed by atoms with Gasteiger partial charge in [0, 0.05) is 0 Å². The number of thioether (sulfide) groups is 1. The molecular weight excluding hydrogens is 412 g/mol. The number of hydrogen-bond donors (Lipinski definition) is 1. The highest BCUT2D eigenvalue weighted by Gasteiger charge is 2.24. The van der Waals surface area contributed by atoms with Crippen LogP contribution in [0.1, 0.15) is 35.6 Å². The van der Waals surface area contributed by atoms with E-state index >= 15 is 0 Å². The van der Waals surface area contributed by atoms with Gasteiger partial charge >= 0.3 is 5.97 Å². The number of anilines is 1. The molecule has 0 aliphatic heterocycles. The van der Waals surface area contributed by atoms with Crippen LogP contribution in [-0.4, -0.2) is 48.9 Å². The van der Waals surface area contributed by atoms with Gasteiger partial charge in [0.2, 0.25) is 11.1 Å². The minimum Gasteiger partial charge on any atom is -0.462 e. The molecule has 0 radical (unpaired) electrons. The summed E-state index contributed by atoms with van der Waals surface area (Å²) in [7, 11) is 0. The van der Waals surface area contributed by atoms with Gasteiger partial charge in [0.1, 0.15) is 4.88 Å². The molecule has 29 heavy (non-hydrogen) atoms. The van der Waals surface area contributed by atoms with E-state index in [1.807, 2.05) is 37.3 Å². The standard InChI is InChI=1S/C18H20N6O3S2/c1-4-13(28-18-21-22-23-24(18)12-9-7-6-8-10-12)15(25)20-17-19-11(3)14(29-17)16(26)27-5-2/h6-10,13H,4-5H2,1-3H3,(H,19,20,25)/t13-/m0/s1. The number of carbonyl (C=O) groups excluding carboxylic acids is 2. The molecule has 0 spiro atoms. The predicted molar refractivity (Wildman–Crippen MR) is 111 cm³/mol. The Morgan fingerprint density at radius 2 is 2.03 bits per heavy atom. The minimum absolute atomic E-state index is 0.232. The van der Waals surface area contributed by atoms with Crippen LogP contribution in [-0.2, 0) is 9.53 Å². The molecule has 9 nitrogen and oxygen atoms in total. The first-order valence-corrected chi connectivity index (χ1v) is 10.7. The number of nitrogens with one attached hydrogen (secondary N) is 1. The van der Waals surface area contributed by atoms with Crippen molar-refractivity contribution in [3.8, 4) is 5.69 Å². The number of aryl methyl sites for hydroxylation is 1. The number of amides is 1. The zero-order valence-corrected chi connectivity index (χ0v) is 17.8. The maximum Gasteiger partial charge on any atom is 0.350 e. The first-order chi connectivity index (χ1) is 14.0. The molecule has 0 bridgehead atoms. The fraction of sp³-hybridized carbons (Fsp3) is 0.333. The fourth-order valence-corrected chi connectivity index (χ4v) is 4.23. The average Bonchev–Trinajstić information content (AvgIpc) is 3.33. The molecule has 0 aliphatic carbocycles. The molecule has 0 saturated carbocycles. The summed E-state index contributed by atoms with van der Waals surface area (Å²) in [4.78, 5) is 29.4. The summed E-state index contributed by atoms with van der Waals surface area (Å²) in [5.41, 5.74) is 1.34. The lowest BCUT2D eigenvalue weighted by Crippen LogP contribution is -2.25. The number of para-hydroxylation sites is 1. The van der Waals surface area contributed by atoms with Crippen LogP contribution in [0.25, 0.3) is 5.69 Å². The number of rotatable bonds is 8. The van der Waals surface area contributed by atoms with E-state index < -0.39 is 11.2 Å². The number of ether oxygens (including phenoxy) is 1. The Morgan fingerprint density at radius 1 is 1.28 bits per heavy atom. The van der Waals surface area contributed by atoms with Gasteiger partial charge in [0.15, 0.2) is 5.13 Å². The number of nitrogens with zero attached hydrogens (tertiary/aromatic N) is 5. The predicted octanol–water partition coefficient (Wildman–Crippen LogP) is 3.11. The van der Waals surface area contributed by atoms with Crippen molar-refractivity contribution in [2.75, 3.05) is 11.9 Å². The van der Waals surface area contributed by atoms with Crippen molar-refractivity contribution in [1.29, 1.82) is 0 Å². The third-order valence-electron chi connectivity index (χ3n) is 3.84. The second-order valence-corrected chi connectivity index (χ2v) is 8.04. The van der Waals surface area contributed by atoms with E-state index in [1.165, 1.54) is 11.8 Å². The molecule has 2 heterocycles. The zero-order valence-electron chi connectivity index (χ0n) is 16.2. The number of tetrazole rings is 1. The molecule has 0 aliphatic rings. The van der Waals surface area contributed by atoms with Crippen LogP contribution in [0.4, 0.5) is 5.13 Å². The lowest BCUT2D eigenvalue weighted by atomic mass is 10.3. The summed E-state index contributed by atoms with van der Waals surface area (Å²) in [6.45, 7) is 5.63. The Hall–Kier alpha value is -2.79. The van der Waals surface area contributed by atoms with Gasteiger partial charge < -0.3 is 10.1 Å². The summed E-state index contributed by atoms with van der Waals surface area (Å²) in [6.07, 6.45) is 0.563. The minimum atomic E-state index is -0.438. The van der Waals surface area contributed by atoms with Crippen molar-refractivity contribution in [2.45, 2.75) is 37.6 Å². The Labute approximate surface area is 175 Å². The maximum atomic E-state index is 12.8. The topological polar surface area (TPSA) is 112 Å². The highest BCUT2D eigenvalue weighted by atomic mass is 32.2. The van der Waals surface area contributed by atoms with Crippen LogP contribution in [0, 0.1) is 6.92 Å². The van der Waals surface area contributed by atoms with Gasteiger partial charge in [-0.25, -0.2) is 9.78 Å². The fourth-order valence-electron chi connectivity index (χ4n) is 2.45. The molecule has 1 aromatic carbocycles. The number of benzene rings is 1. The smallest absolute Gasteiger partial charge is 0.350 e. The van der Waals surface area contributed by atoms with Crippen molar-refractivity contribution in [3.05, 3.63) is 40.9 Å². The van der Waals surface area contributed by atoms with Gasteiger partial charge in [0.05, 0.1) is 23.2 Å². The van der Waals surface area contributed by atoms with Gasteiger partial charge in [-0.3, -0.25) is 4.79 Å². The van der Waals surface area contributed by atoms with Gasteiger partial charge in [-0.05, 0) is 42.8 Å². The molecule has 0 unspecified atom stereocenters. The molecule has 2 aromatic heterocycles. The van der Waals surface area contributed by atoms with E-state index in [0.717, 1.165) is 17.0 Å². The van der Waals surface area contributed by atoms with Gasteiger partial charge in [-0.1, -0.05) is 48.2 Å². The first-order valence-electron chi connectivity index (χ1n) is 8.99. The summed E-state index contributed by atoms with van der Waals surface area (Å²) in [5, 5.41) is 15.0. The molecule has 1 atom stereocenters. The highest BCUT2D eigenvalue weighted by molar-refractivity contribution is 8.00. The number of thiazole rings is 1. The monoisotopic (exact) mass is 432 g/mol. The summed E-state index contributed by atoms with van der Waals surface area (Å²) in [5.74, 6) is -0.671. The molecule has 0 saturated heterocycles. The maximum absolute atomic E-state index is 12.8. The Bertz CT molecular complexity index is 989. The molecule has 152 valence electrons. The van der Waals surface area contributed by atoms with Crippen molar-refractivity contribution < 1.29 is 14.3 Å². The van der Waals surface area contributed by atoms with Crippen molar-refractivity contribution >= 4 is 40.1 Å².